The van der Waals surface area contributed by atoms with E-state index in [0.717, 1.165) is 11.6 Å². The van der Waals surface area contributed by atoms with Gasteiger partial charge in [0, 0.05) is 16.9 Å². The zero-order valence-corrected chi connectivity index (χ0v) is 12.4. The van der Waals surface area contributed by atoms with Crippen LogP contribution in [0.1, 0.15) is 22.7 Å². The smallest absolute Gasteiger partial charge is 0.271 e. The van der Waals surface area contributed by atoms with Crippen molar-refractivity contribution in [3.05, 3.63) is 63.9 Å². The standard InChI is InChI=1S/C14H13BrF3N3/c15-10-1-2-11(12(8-10)14(16,17)18)13(21-19)7-9-3-5-20-6-4-9/h1-6,8,13,21H,7,19H2. The molecule has 112 valence electrons. The van der Waals surface area contributed by atoms with Crippen LogP contribution in [-0.2, 0) is 12.6 Å². The molecule has 0 aliphatic carbocycles. The maximum absolute atomic E-state index is 13.2. The Morgan fingerprint density at radius 3 is 2.43 bits per heavy atom. The lowest BCUT2D eigenvalue weighted by Gasteiger charge is -2.21. The van der Waals surface area contributed by atoms with Crippen molar-refractivity contribution < 1.29 is 13.2 Å². The Morgan fingerprint density at radius 2 is 1.86 bits per heavy atom. The van der Waals surface area contributed by atoms with Crippen molar-refractivity contribution in [2.45, 2.75) is 18.6 Å². The van der Waals surface area contributed by atoms with Crippen molar-refractivity contribution in [1.29, 1.82) is 0 Å². The Hall–Kier alpha value is -1.44. The summed E-state index contributed by atoms with van der Waals surface area (Å²) in [5.74, 6) is 5.46. The molecule has 2 rings (SSSR count). The highest BCUT2D eigenvalue weighted by atomic mass is 79.9. The lowest BCUT2D eigenvalue weighted by molar-refractivity contribution is -0.138. The Bertz CT molecular complexity index is 602. The third kappa shape index (κ3) is 4.03. The quantitative estimate of drug-likeness (QED) is 0.647. The highest BCUT2D eigenvalue weighted by molar-refractivity contribution is 9.10. The zero-order valence-electron chi connectivity index (χ0n) is 10.9. The third-order valence-corrected chi connectivity index (χ3v) is 3.58. The molecule has 1 atom stereocenters. The van der Waals surface area contributed by atoms with Gasteiger partial charge in [-0.1, -0.05) is 22.0 Å². The van der Waals surface area contributed by atoms with E-state index in [2.05, 4.69) is 26.3 Å². The normalized spacial score (nSPS) is 13.2. The number of hydrogen-bond donors (Lipinski definition) is 2. The molecule has 1 heterocycles. The summed E-state index contributed by atoms with van der Waals surface area (Å²) in [5.41, 5.74) is 2.73. The van der Waals surface area contributed by atoms with E-state index in [9.17, 15) is 13.2 Å². The SMILES string of the molecule is NNC(Cc1ccncc1)c1ccc(Br)cc1C(F)(F)F. The van der Waals surface area contributed by atoms with Crippen LogP contribution in [0.4, 0.5) is 13.2 Å². The number of hydrazine groups is 1. The number of nitrogens with two attached hydrogens (primary N) is 1. The van der Waals surface area contributed by atoms with Crippen molar-refractivity contribution in [3.63, 3.8) is 0 Å². The Labute approximate surface area is 128 Å². The molecule has 0 saturated carbocycles. The molecule has 1 aromatic heterocycles. The van der Waals surface area contributed by atoms with Crippen LogP contribution in [0.25, 0.3) is 0 Å². The van der Waals surface area contributed by atoms with Gasteiger partial charge in [0.2, 0.25) is 0 Å². The van der Waals surface area contributed by atoms with Crippen LogP contribution in [0.3, 0.4) is 0 Å². The van der Waals surface area contributed by atoms with Crippen molar-refractivity contribution in [1.82, 2.24) is 10.4 Å². The first-order valence-corrected chi connectivity index (χ1v) is 6.93. The van der Waals surface area contributed by atoms with E-state index in [1.807, 2.05) is 0 Å². The molecule has 1 unspecified atom stereocenters. The molecule has 0 radical (unpaired) electrons. The number of alkyl halides is 3. The summed E-state index contributed by atoms with van der Waals surface area (Å²) < 4.78 is 39.9. The molecule has 0 aliphatic heterocycles. The second-order valence-corrected chi connectivity index (χ2v) is 5.42. The first-order chi connectivity index (χ1) is 9.91. The number of rotatable bonds is 4. The van der Waals surface area contributed by atoms with E-state index in [1.165, 1.54) is 6.07 Å². The maximum atomic E-state index is 13.2. The maximum Gasteiger partial charge on any atom is 0.416 e. The fourth-order valence-corrected chi connectivity index (χ4v) is 2.45. The largest absolute Gasteiger partial charge is 0.416 e. The Kier molecular flexibility index (Phi) is 4.97. The van der Waals surface area contributed by atoms with Crippen LogP contribution in [-0.4, -0.2) is 4.98 Å². The monoisotopic (exact) mass is 359 g/mol. The van der Waals surface area contributed by atoms with Crippen molar-refractivity contribution in [2.75, 3.05) is 0 Å². The van der Waals surface area contributed by atoms with Gasteiger partial charge in [0.1, 0.15) is 0 Å². The minimum Gasteiger partial charge on any atom is -0.271 e. The van der Waals surface area contributed by atoms with Crippen LogP contribution in [0.2, 0.25) is 0 Å². The topological polar surface area (TPSA) is 50.9 Å². The fourth-order valence-electron chi connectivity index (χ4n) is 2.09. The molecule has 0 spiro atoms. The number of hydrogen-bond acceptors (Lipinski definition) is 3. The van der Waals surface area contributed by atoms with E-state index >= 15 is 0 Å². The van der Waals surface area contributed by atoms with Gasteiger partial charge in [-0.2, -0.15) is 13.2 Å². The molecule has 0 fully saturated rings. The summed E-state index contributed by atoms with van der Waals surface area (Å²) in [6.45, 7) is 0. The van der Waals surface area contributed by atoms with Gasteiger partial charge in [-0.25, -0.2) is 0 Å². The van der Waals surface area contributed by atoms with E-state index in [0.29, 0.717) is 10.9 Å². The van der Waals surface area contributed by atoms with E-state index in [4.69, 9.17) is 5.84 Å². The molecule has 0 amide bonds. The van der Waals surface area contributed by atoms with Crippen LogP contribution < -0.4 is 11.3 Å². The third-order valence-electron chi connectivity index (χ3n) is 3.09. The molecule has 3 nitrogen and oxygen atoms in total. The minimum absolute atomic E-state index is 0.116. The summed E-state index contributed by atoms with van der Waals surface area (Å²) in [7, 11) is 0. The van der Waals surface area contributed by atoms with Crippen LogP contribution in [0.15, 0.2) is 47.2 Å². The Morgan fingerprint density at radius 1 is 1.19 bits per heavy atom. The first-order valence-electron chi connectivity index (χ1n) is 6.13. The molecule has 7 heteroatoms. The second kappa shape index (κ2) is 6.55. The van der Waals surface area contributed by atoms with Crippen molar-refractivity contribution >= 4 is 15.9 Å². The number of pyridine rings is 1. The van der Waals surface area contributed by atoms with E-state index < -0.39 is 17.8 Å². The second-order valence-electron chi connectivity index (χ2n) is 4.51. The molecule has 2 aromatic rings. The average molecular weight is 360 g/mol. The molecule has 21 heavy (non-hydrogen) atoms. The van der Waals surface area contributed by atoms with Gasteiger partial charge < -0.3 is 0 Å². The highest BCUT2D eigenvalue weighted by Crippen LogP contribution is 2.37. The first kappa shape index (κ1) is 15.9. The van der Waals surface area contributed by atoms with Crippen LogP contribution >= 0.6 is 15.9 Å². The number of benzene rings is 1. The van der Waals surface area contributed by atoms with Gasteiger partial charge >= 0.3 is 6.18 Å². The van der Waals surface area contributed by atoms with E-state index in [1.54, 1.807) is 30.6 Å². The predicted molar refractivity (Wildman–Crippen MR) is 77.1 cm³/mol. The molecule has 1 aromatic carbocycles. The van der Waals surface area contributed by atoms with Crippen LogP contribution in [0.5, 0.6) is 0 Å². The van der Waals surface area contributed by atoms with Crippen molar-refractivity contribution in [2.24, 2.45) is 5.84 Å². The summed E-state index contributed by atoms with van der Waals surface area (Å²) in [6.07, 6.45) is -0.916. The lowest BCUT2D eigenvalue weighted by atomic mass is 9.95. The average Bonchev–Trinajstić information content (AvgIpc) is 2.45. The fraction of sp³-hybridized carbons (Fsp3) is 0.214. The molecule has 0 aliphatic rings. The Balaban J connectivity index is 2.38. The lowest BCUT2D eigenvalue weighted by Crippen LogP contribution is -2.31. The van der Waals surface area contributed by atoms with Gasteiger partial charge in [-0.15, -0.1) is 0 Å². The van der Waals surface area contributed by atoms with Crippen LogP contribution in [0, 0.1) is 0 Å². The molecule has 0 bridgehead atoms. The van der Waals surface area contributed by atoms with Gasteiger partial charge in [-0.3, -0.25) is 16.3 Å². The summed E-state index contributed by atoms with van der Waals surface area (Å²) in [4.78, 5) is 3.88. The number of aromatic nitrogens is 1. The molecular formula is C14H13BrF3N3. The van der Waals surface area contributed by atoms with E-state index in [-0.39, 0.29) is 5.56 Å². The zero-order chi connectivity index (χ0) is 15.5. The number of halogens is 4. The number of nitrogens with one attached hydrogen (secondary N) is 1. The van der Waals surface area contributed by atoms with Gasteiger partial charge in [0.15, 0.2) is 0 Å². The summed E-state index contributed by atoms with van der Waals surface area (Å²) in [6, 6.07) is 6.91. The summed E-state index contributed by atoms with van der Waals surface area (Å²) >= 11 is 3.07. The molecule has 3 N–H and O–H groups in total. The summed E-state index contributed by atoms with van der Waals surface area (Å²) in [5, 5.41) is 0. The van der Waals surface area contributed by atoms with Crippen molar-refractivity contribution in [3.8, 4) is 0 Å². The van der Waals surface area contributed by atoms with Gasteiger partial charge in [0.05, 0.1) is 11.6 Å². The molecular weight excluding hydrogens is 347 g/mol. The van der Waals surface area contributed by atoms with Gasteiger partial charge in [-0.05, 0) is 41.8 Å². The molecule has 0 saturated heterocycles. The minimum atomic E-state index is -4.44. The predicted octanol–water partition coefficient (Wildman–Crippen LogP) is 3.61. The number of nitrogens with zero attached hydrogens (tertiary/aromatic N) is 1. The van der Waals surface area contributed by atoms with Gasteiger partial charge in [0.25, 0.3) is 0 Å². The highest BCUT2D eigenvalue weighted by Gasteiger charge is 2.35.